The van der Waals surface area contributed by atoms with Crippen LogP contribution < -0.4 is 10.1 Å². The van der Waals surface area contributed by atoms with Crippen molar-refractivity contribution in [2.45, 2.75) is 12.8 Å². The molecule has 4 heteroatoms. The highest BCUT2D eigenvalue weighted by molar-refractivity contribution is 5.81. The number of fused-ring (bicyclic) bond motifs is 1. The van der Waals surface area contributed by atoms with E-state index in [0.29, 0.717) is 17.0 Å². The van der Waals surface area contributed by atoms with Gasteiger partial charge in [-0.25, -0.2) is 0 Å². The minimum absolute atomic E-state index is 0.105. The molecule has 2 N–H and O–H groups in total. The van der Waals surface area contributed by atoms with Crippen molar-refractivity contribution in [3.8, 4) is 11.5 Å². The van der Waals surface area contributed by atoms with Gasteiger partial charge in [0.25, 0.3) is 0 Å². The predicted octanol–water partition coefficient (Wildman–Crippen LogP) is 2.98. The lowest BCUT2D eigenvalue weighted by atomic mass is 9.89. The van der Waals surface area contributed by atoms with Crippen LogP contribution in [0.2, 0.25) is 0 Å². The molecule has 2 heterocycles. The Morgan fingerprint density at radius 2 is 2.14 bits per heavy atom. The number of carbonyl (C=O) groups excluding carboxylic acids is 1. The normalized spacial score (nSPS) is 19.6. The first kappa shape index (κ1) is 13.2. The highest BCUT2D eigenvalue weighted by Crippen LogP contribution is 2.43. The van der Waals surface area contributed by atoms with Crippen LogP contribution in [0.4, 0.5) is 0 Å². The van der Waals surface area contributed by atoms with E-state index in [-0.39, 0.29) is 11.7 Å². The third-order valence-electron chi connectivity index (χ3n) is 3.58. The lowest BCUT2D eigenvalue weighted by Crippen LogP contribution is -2.13. The number of nitrogens with one attached hydrogen (secondary N) is 1. The summed E-state index contributed by atoms with van der Waals surface area (Å²) in [7, 11) is 0. The molecule has 2 aliphatic heterocycles. The third-order valence-corrected chi connectivity index (χ3v) is 3.58. The SMILES string of the molecule is CC1=COc2c(ccc(O)c2C2=CC=CC=CN2)C1C=O. The maximum Gasteiger partial charge on any atom is 0.143 e. The molecule has 0 spiro atoms. The molecular formula is C17H15NO3. The van der Waals surface area contributed by atoms with Crippen LogP contribution in [0.1, 0.15) is 24.0 Å². The number of aromatic hydroxyl groups is 1. The maximum absolute atomic E-state index is 11.3. The van der Waals surface area contributed by atoms with Crippen molar-refractivity contribution in [3.63, 3.8) is 0 Å². The second-order valence-corrected chi connectivity index (χ2v) is 4.94. The predicted molar refractivity (Wildman–Crippen MR) is 80.7 cm³/mol. The standard InChI is InChI=1S/C17H15NO3/c1-11-10-21-17-12(13(11)9-19)6-7-15(20)16(17)14-5-3-2-4-8-18-14/h2-10,13,18,20H,1H3. The molecule has 2 aliphatic rings. The molecule has 0 aromatic heterocycles. The van der Waals surface area contributed by atoms with Crippen molar-refractivity contribution in [1.82, 2.24) is 5.32 Å². The van der Waals surface area contributed by atoms with Crippen LogP contribution in [-0.4, -0.2) is 11.4 Å². The van der Waals surface area contributed by atoms with Crippen molar-refractivity contribution in [2.24, 2.45) is 0 Å². The van der Waals surface area contributed by atoms with Crippen LogP contribution in [0.15, 0.2) is 54.5 Å². The summed E-state index contributed by atoms with van der Waals surface area (Å²) in [5, 5.41) is 13.3. The zero-order chi connectivity index (χ0) is 14.8. The first-order chi connectivity index (χ1) is 10.2. The number of allylic oxidation sites excluding steroid dienone is 5. The Morgan fingerprint density at radius 1 is 1.29 bits per heavy atom. The molecule has 0 amide bonds. The van der Waals surface area contributed by atoms with E-state index in [2.05, 4.69) is 5.32 Å². The molecule has 1 atom stereocenters. The van der Waals surface area contributed by atoms with Gasteiger partial charge in [-0.05, 0) is 30.7 Å². The molecule has 106 valence electrons. The van der Waals surface area contributed by atoms with Gasteiger partial charge < -0.3 is 20.0 Å². The molecular weight excluding hydrogens is 266 g/mol. The van der Waals surface area contributed by atoms with Crippen LogP contribution in [-0.2, 0) is 4.79 Å². The van der Waals surface area contributed by atoms with E-state index < -0.39 is 0 Å². The summed E-state index contributed by atoms with van der Waals surface area (Å²) in [4.78, 5) is 11.3. The van der Waals surface area contributed by atoms with Crippen molar-refractivity contribution < 1.29 is 14.6 Å². The summed E-state index contributed by atoms with van der Waals surface area (Å²) in [5.41, 5.74) is 2.88. The number of hydrogen-bond donors (Lipinski definition) is 2. The van der Waals surface area contributed by atoms with E-state index in [1.54, 1.807) is 24.6 Å². The van der Waals surface area contributed by atoms with Crippen molar-refractivity contribution in [3.05, 3.63) is 65.6 Å². The largest absolute Gasteiger partial charge is 0.507 e. The topological polar surface area (TPSA) is 58.6 Å². The third kappa shape index (κ3) is 2.25. The van der Waals surface area contributed by atoms with E-state index in [4.69, 9.17) is 4.74 Å². The smallest absolute Gasteiger partial charge is 0.143 e. The summed E-state index contributed by atoms with van der Waals surface area (Å²) in [6.45, 7) is 1.85. The van der Waals surface area contributed by atoms with Gasteiger partial charge in [0.2, 0.25) is 0 Å². The molecule has 0 bridgehead atoms. The van der Waals surface area contributed by atoms with Crippen LogP contribution >= 0.6 is 0 Å². The van der Waals surface area contributed by atoms with E-state index in [1.807, 2.05) is 31.2 Å². The van der Waals surface area contributed by atoms with Gasteiger partial charge in [0.1, 0.15) is 17.8 Å². The average molecular weight is 281 g/mol. The molecule has 0 saturated heterocycles. The first-order valence-electron chi connectivity index (χ1n) is 6.67. The first-order valence-corrected chi connectivity index (χ1v) is 6.67. The fourth-order valence-electron chi connectivity index (χ4n) is 2.48. The maximum atomic E-state index is 11.3. The molecule has 0 saturated carbocycles. The van der Waals surface area contributed by atoms with Gasteiger partial charge in [-0.2, -0.15) is 0 Å². The van der Waals surface area contributed by atoms with Gasteiger partial charge in [-0.15, -0.1) is 0 Å². The molecule has 1 aromatic carbocycles. The van der Waals surface area contributed by atoms with Crippen LogP contribution in [0, 0.1) is 0 Å². The van der Waals surface area contributed by atoms with Crippen LogP contribution in [0.25, 0.3) is 5.70 Å². The molecule has 3 rings (SSSR count). The van der Waals surface area contributed by atoms with Gasteiger partial charge in [-0.1, -0.05) is 18.2 Å². The number of rotatable bonds is 2. The minimum atomic E-state index is -0.342. The van der Waals surface area contributed by atoms with E-state index >= 15 is 0 Å². The van der Waals surface area contributed by atoms with Crippen LogP contribution in [0.3, 0.4) is 0 Å². The summed E-state index contributed by atoms with van der Waals surface area (Å²) in [6, 6.07) is 3.32. The van der Waals surface area contributed by atoms with Gasteiger partial charge in [0, 0.05) is 11.8 Å². The second-order valence-electron chi connectivity index (χ2n) is 4.94. The minimum Gasteiger partial charge on any atom is -0.507 e. The quantitative estimate of drug-likeness (QED) is 0.818. The molecule has 21 heavy (non-hydrogen) atoms. The number of benzene rings is 1. The van der Waals surface area contributed by atoms with E-state index in [9.17, 15) is 9.90 Å². The molecule has 4 nitrogen and oxygen atoms in total. The van der Waals surface area contributed by atoms with Gasteiger partial charge in [-0.3, -0.25) is 0 Å². The fourth-order valence-corrected chi connectivity index (χ4v) is 2.48. The second kappa shape index (κ2) is 5.32. The molecule has 1 aromatic rings. The lowest BCUT2D eigenvalue weighted by molar-refractivity contribution is -0.108. The van der Waals surface area contributed by atoms with E-state index in [0.717, 1.165) is 17.4 Å². The number of phenolic OH excluding ortho intramolecular Hbond substituents is 1. The summed E-state index contributed by atoms with van der Waals surface area (Å²) in [5.74, 6) is 0.277. The number of ether oxygens (including phenoxy) is 1. The van der Waals surface area contributed by atoms with Crippen molar-refractivity contribution >= 4 is 12.0 Å². The Kier molecular flexibility index (Phi) is 3.36. The Balaban J connectivity index is 2.18. The Labute approximate surface area is 122 Å². The Hall–Kier alpha value is -2.75. The molecule has 0 fully saturated rings. The number of hydrogen-bond acceptors (Lipinski definition) is 4. The molecule has 0 radical (unpaired) electrons. The van der Waals surface area contributed by atoms with Gasteiger partial charge >= 0.3 is 0 Å². The molecule has 0 aliphatic carbocycles. The Bertz CT molecular complexity index is 711. The number of phenols is 1. The van der Waals surface area contributed by atoms with Crippen LogP contribution in [0.5, 0.6) is 11.5 Å². The van der Waals surface area contributed by atoms with Crippen molar-refractivity contribution in [1.29, 1.82) is 0 Å². The lowest BCUT2D eigenvalue weighted by Gasteiger charge is -2.24. The number of carbonyl (C=O) groups is 1. The average Bonchev–Trinajstić information content (AvgIpc) is 2.76. The molecule has 1 unspecified atom stereocenters. The van der Waals surface area contributed by atoms with Crippen molar-refractivity contribution in [2.75, 3.05) is 0 Å². The monoisotopic (exact) mass is 281 g/mol. The summed E-state index contributed by atoms with van der Waals surface area (Å²) in [6.07, 6.45) is 11.7. The number of aldehydes is 1. The zero-order valence-corrected chi connectivity index (χ0v) is 11.5. The summed E-state index contributed by atoms with van der Waals surface area (Å²) < 4.78 is 5.66. The zero-order valence-electron chi connectivity index (χ0n) is 11.5. The highest BCUT2D eigenvalue weighted by Gasteiger charge is 2.27. The van der Waals surface area contributed by atoms with E-state index in [1.165, 1.54) is 0 Å². The Morgan fingerprint density at radius 3 is 2.95 bits per heavy atom. The highest BCUT2D eigenvalue weighted by atomic mass is 16.5. The van der Waals surface area contributed by atoms with Gasteiger partial charge in [0.15, 0.2) is 0 Å². The summed E-state index contributed by atoms with van der Waals surface area (Å²) >= 11 is 0. The van der Waals surface area contributed by atoms with Gasteiger partial charge in [0.05, 0.1) is 23.4 Å². The fraction of sp³-hybridized carbons (Fsp3) is 0.118.